The van der Waals surface area contributed by atoms with E-state index in [1.54, 1.807) is 18.3 Å². The van der Waals surface area contributed by atoms with E-state index < -0.39 is 10.0 Å². The van der Waals surface area contributed by atoms with Gasteiger partial charge in [0.25, 0.3) is 0 Å². The summed E-state index contributed by atoms with van der Waals surface area (Å²) in [5.74, 6) is -0.0735. The SMILES string of the molecule is O=S(=O)(c1ccccc1O)N1CC(c2ccn[nH]2)C1. The average molecular weight is 279 g/mol. The Hall–Kier alpha value is -1.86. The second-order valence-electron chi connectivity index (χ2n) is 4.50. The first-order valence-corrected chi connectivity index (χ1v) is 7.30. The predicted octanol–water partition coefficient (Wildman–Crippen LogP) is 0.903. The van der Waals surface area contributed by atoms with Gasteiger partial charge in [0.1, 0.15) is 10.6 Å². The van der Waals surface area contributed by atoms with Crippen molar-refractivity contribution in [3.8, 4) is 5.75 Å². The summed E-state index contributed by atoms with van der Waals surface area (Å²) >= 11 is 0. The molecule has 0 aliphatic carbocycles. The lowest BCUT2D eigenvalue weighted by Crippen LogP contribution is -2.48. The van der Waals surface area contributed by atoms with Crippen molar-refractivity contribution in [2.24, 2.45) is 0 Å². The van der Waals surface area contributed by atoms with E-state index >= 15 is 0 Å². The summed E-state index contributed by atoms with van der Waals surface area (Å²) in [5.41, 5.74) is 0.934. The highest BCUT2D eigenvalue weighted by Crippen LogP contribution is 2.33. The molecule has 1 aromatic carbocycles. The summed E-state index contributed by atoms with van der Waals surface area (Å²) in [7, 11) is -3.61. The third kappa shape index (κ3) is 2.00. The maximum absolute atomic E-state index is 12.3. The standard InChI is InChI=1S/C12H13N3O3S/c16-11-3-1-2-4-12(11)19(17,18)15-7-9(8-15)10-5-6-13-14-10/h1-6,9,16H,7-8H2,(H,13,14). The molecule has 1 saturated heterocycles. The van der Waals surface area contributed by atoms with Gasteiger partial charge in [-0.25, -0.2) is 8.42 Å². The molecule has 2 heterocycles. The van der Waals surface area contributed by atoms with Gasteiger partial charge in [-0.2, -0.15) is 9.40 Å². The van der Waals surface area contributed by atoms with Gasteiger partial charge in [0.2, 0.25) is 10.0 Å². The number of benzene rings is 1. The molecule has 0 bridgehead atoms. The van der Waals surface area contributed by atoms with E-state index in [9.17, 15) is 13.5 Å². The predicted molar refractivity (Wildman–Crippen MR) is 68.2 cm³/mol. The number of rotatable bonds is 3. The highest BCUT2D eigenvalue weighted by Gasteiger charge is 2.39. The topological polar surface area (TPSA) is 86.3 Å². The number of nitrogens with zero attached hydrogens (tertiary/aromatic N) is 2. The van der Waals surface area contributed by atoms with Crippen LogP contribution < -0.4 is 0 Å². The van der Waals surface area contributed by atoms with Gasteiger partial charge in [-0.15, -0.1) is 0 Å². The second kappa shape index (κ2) is 4.36. The number of nitrogens with one attached hydrogen (secondary N) is 1. The van der Waals surface area contributed by atoms with Gasteiger partial charge >= 0.3 is 0 Å². The fourth-order valence-electron chi connectivity index (χ4n) is 2.14. The van der Waals surface area contributed by atoms with Crippen molar-refractivity contribution >= 4 is 10.0 Å². The van der Waals surface area contributed by atoms with Crippen molar-refractivity contribution in [2.45, 2.75) is 10.8 Å². The van der Waals surface area contributed by atoms with Gasteiger partial charge in [-0.05, 0) is 18.2 Å². The summed E-state index contributed by atoms with van der Waals surface area (Å²) in [5, 5.41) is 16.3. The second-order valence-corrected chi connectivity index (χ2v) is 6.41. The van der Waals surface area contributed by atoms with Crippen molar-refractivity contribution < 1.29 is 13.5 Å². The van der Waals surface area contributed by atoms with Crippen LogP contribution in [-0.2, 0) is 10.0 Å². The fraction of sp³-hybridized carbons (Fsp3) is 0.250. The molecule has 19 heavy (non-hydrogen) atoms. The third-order valence-corrected chi connectivity index (χ3v) is 5.17. The number of aromatic hydroxyl groups is 1. The molecule has 6 nitrogen and oxygen atoms in total. The highest BCUT2D eigenvalue weighted by atomic mass is 32.2. The molecule has 2 N–H and O–H groups in total. The molecule has 0 spiro atoms. The van der Waals surface area contributed by atoms with E-state index in [1.165, 1.54) is 16.4 Å². The number of hydrogen-bond donors (Lipinski definition) is 2. The molecule has 1 aromatic heterocycles. The van der Waals surface area contributed by atoms with Gasteiger partial charge < -0.3 is 5.11 Å². The van der Waals surface area contributed by atoms with Crippen molar-refractivity contribution in [1.82, 2.24) is 14.5 Å². The maximum atomic E-state index is 12.3. The van der Waals surface area contributed by atoms with E-state index in [4.69, 9.17) is 0 Å². The van der Waals surface area contributed by atoms with E-state index in [0.29, 0.717) is 13.1 Å². The van der Waals surface area contributed by atoms with E-state index in [0.717, 1.165) is 5.69 Å². The molecule has 0 unspecified atom stereocenters. The Morgan fingerprint density at radius 2 is 2.00 bits per heavy atom. The lowest BCUT2D eigenvalue weighted by molar-refractivity contribution is 0.259. The largest absolute Gasteiger partial charge is 0.507 e. The minimum absolute atomic E-state index is 0.0435. The van der Waals surface area contributed by atoms with Gasteiger partial charge in [0.15, 0.2) is 0 Å². The molecular formula is C12H13N3O3S. The molecule has 7 heteroatoms. The van der Waals surface area contributed by atoms with Gasteiger partial charge in [-0.3, -0.25) is 5.10 Å². The van der Waals surface area contributed by atoms with Crippen LogP contribution in [0.5, 0.6) is 5.75 Å². The Morgan fingerprint density at radius 1 is 1.26 bits per heavy atom. The van der Waals surface area contributed by atoms with Gasteiger partial charge in [-0.1, -0.05) is 12.1 Å². The molecule has 2 aromatic rings. The van der Waals surface area contributed by atoms with Crippen LogP contribution in [0.1, 0.15) is 11.6 Å². The van der Waals surface area contributed by atoms with Gasteiger partial charge in [0, 0.05) is 30.9 Å². The summed E-state index contributed by atoms with van der Waals surface area (Å²) in [6.07, 6.45) is 1.65. The zero-order valence-corrected chi connectivity index (χ0v) is 10.8. The number of H-pyrrole nitrogens is 1. The molecule has 1 aliphatic rings. The Labute approximate surface area is 110 Å². The van der Waals surface area contributed by atoms with Crippen LogP contribution in [0, 0.1) is 0 Å². The van der Waals surface area contributed by atoms with Crippen LogP contribution in [0.2, 0.25) is 0 Å². The van der Waals surface area contributed by atoms with E-state index in [2.05, 4.69) is 10.2 Å². The molecule has 100 valence electrons. The number of hydrogen-bond acceptors (Lipinski definition) is 4. The fourth-order valence-corrected chi connectivity index (χ4v) is 3.75. The van der Waals surface area contributed by atoms with Crippen LogP contribution in [-0.4, -0.2) is 41.1 Å². The van der Waals surface area contributed by atoms with Crippen molar-refractivity contribution in [2.75, 3.05) is 13.1 Å². The molecule has 0 radical (unpaired) electrons. The monoisotopic (exact) mass is 279 g/mol. The smallest absolute Gasteiger partial charge is 0.246 e. The lowest BCUT2D eigenvalue weighted by Gasteiger charge is -2.37. The lowest BCUT2D eigenvalue weighted by atomic mass is 10.00. The number of para-hydroxylation sites is 1. The summed E-state index contributed by atoms with van der Waals surface area (Å²) < 4.78 is 25.9. The first kappa shape index (κ1) is 12.2. The number of phenols is 1. The molecule has 0 atom stereocenters. The summed E-state index contributed by atoms with van der Waals surface area (Å²) in [6, 6.07) is 7.82. The third-order valence-electron chi connectivity index (χ3n) is 3.29. The molecule has 1 fully saturated rings. The zero-order valence-electron chi connectivity index (χ0n) is 10.0. The Balaban J connectivity index is 1.80. The minimum atomic E-state index is -3.61. The normalized spacial score (nSPS) is 17.3. The van der Waals surface area contributed by atoms with Gasteiger partial charge in [0.05, 0.1) is 0 Å². The number of aromatic nitrogens is 2. The quantitative estimate of drug-likeness (QED) is 0.874. The number of phenolic OH excluding ortho intramolecular Hbond substituents is 1. The van der Waals surface area contributed by atoms with E-state index in [1.807, 2.05) is 6.07 Å². The average Bonchev–Trinajstić information content (AvgIpc) is 2.80. The molecular weight excluding hydrogens is 266 g/mol. The highest BCUT2D eigenvalue weighted by molar-refractivity contribution is 7.89. The first-order chi connectivity index (χ1) is 9.09. The summed E-state index contributed by atoms with van der Waals surface area (Å²) in [4.78, 5) is -0.0435. The van der Waals surface area contributed by atoms with Crippen LogP contribution in [0.4, 0.5) is 0 Å². The van der Waals surface area contributed by atoms with Crippen LogP contribution in [0.3, 0.4) is 0 Å². The zero-order chi connectivity index (χ0) is 13.5. The van der Waals surface area contributed by atoms with Crippen LogP contribution in [0.25, 0.3) is 0 Å². The number of aromatic amines is 1. The van der Waals surface area contributed by atoms with Crippen LogP contribution in [0.15, 0.2) is 41.4 Å². The molecule has 1 aliphatic heterocycles. The molecule has 0 saturated carbocycles. The maximum Gasteiger partial charge on any atom is 0.246 e. The Kier molecular flexibility index (Phi) is 2.79. The molecule has 0 amide bonds. The summed E-state index contributed by atoms with van der Waals surface area (Å²) in [6.45, 7) is 0.803. The Morgan fingerprint density at radius 3 is 2.63 bits per heavy atom. The first-order valence-electron chi connectivity index (χ1n) is 5.86. The molecule has 3 rings (SSSR count). The minimum Gasteiger partial charge on any atom is -0.507 e. The van der Waals surface area contributed by atoms with E-state index in [-0.39, 0.29) is 16.6 Å². The number of sulfonamides is 1. The van der Waals surface area contributed by atoms with Crippen LogP contribution >= 0.6 is 0 Å². The van der Waals surface area contributed by atoms with Crippen molar-refractivity contribution in [3.05, 3.63) is 42.2 Å². The Bertz CT molecular complexity index is 676. The van der Waals surface area contributed by atoms with Crippen molar-refractivity contribution in [1.29, 1.82) is 0 Å². The van der Waals surface area contributed by atoms with Crippen molar-refractivity contribution in [3.63, 3.8) is 0 Å².